The average Bonchev–Trinajstić information content (AvgIpc) is 3.24. The lowest BCUT2D eigenvalue weighted by atomic mass is 10.4. The van der Waals surface area contributed by atoms with Crippen molar-refractivity contribution < 1.29 is 9.53 Å². The van der Waals surface area contributed by atoms with Crippen molar-refractivity contribution in [3.05, 3.63) is 18.1 Å². The van der Waals surface area contributed by atoms with Gasteiger partial charge in [0.2, 0.25) is 0 Å². The molecular formula is C12H16N4O2. The molecule has 1 aromatic rings. The van der Waals surface area contributed by atoms with Crippen molar-refractivity contribution in [2.45, 2.75) is 18.9 Å². The Hall–Kier alpha value is -1.69. The SMILES string of the molecule is O=C(NC1CC1)c1cnc(N2CCOCC2)cn1. The second kappa shape index (κ2) is 4.89. The summed E-state index contributed by atoms with van der Waals surface area (Å²) < 4.78 is 5.28. The minimum atomic E-state index is -0.126. The topological polar surface area (TPSA) is 67.4 Å². The lowest BCUT2D eigenvalue weighted by Gasteiger charge is -2.27. The zero-order valence-corrected chi connectivity index (χ0v) is 10.1. The summed E-state index contributed by atoms with van der Waals surface area (Å²) in [5.41, 5.74) is 0.388. The molecule has 96 valence electrons. The standard InChI is InChI=1S/C12H16N4O2/c17-12(15-9-1-2-9)10-7-14-11(8-13-10)16-3-5-18-6-4-16/h7-9H,1-6H2,(H,15,17). The van der Waals surface area contributed by atoms with E-state index in [0.29, 0.717) is 24.9 Å². The lowest BCUT2D eigenvalue weighted by Crippen LogP contribution is -2.37. The van der Waals surface area contributed by atoms with Crippen LogP contribution in [0.25, 0.3) is 0 Å². The Kier molecular flexibility index (Phi) is 3.10. The van der Waals surface area contributed by atoms with Crippen molar-refractivity contribution in [2.75, 3.05) is 31.2 Å². The number of carbonyl (C=O) groups is 1. The molecule has 0 atom stereocenters. The average molecular weight is 248 g/mol. The summed E-state index contributed by atoms with van der Waals surface area (Å²) in [5, 5.41) is 2.89. The lowest BCUT2D eigenvalue weighted by molar-refractivity contribution is 0.0945. The van der Waals surface area contributed by atoms with Gasteiger partial charge in [-0.05, 0) is 12.8 Å². The number of anilines is 1. The van der Waals surface area contributed by atoms with Gasteiger partial charge in [-0.1, -0.05) is 0 Å². The van der Waals surface area contributed by atoms with Gasteiger partial charge >= 0.3 is 0 Å². The van der Waals surface area contributed by atoms with Crippen LogP contribution in [0.4, 0.5) is 5.82 Å². The Bertz CT molecular complexity index is 424. The van der Waals surface area contributed by atoms with Crippen LogP contribution < -0.4 is 10.2 Å². The van der Waals surface area contributed by atoms with E-state index in [-0.39, 0.29) is 5.91 Å². The van der Waals surface area contributed by atoms with Gasteiger partial charge in [0.1, 0.15) is 11.5 Å². The number of ether oxygens (including phenoxy) is 1. The maximum atomic E-state index is 11.7. The fraction of sp³-hybridized carbons (Fsp3) is 0.583. The summed E-state index contributed by atoms with van der Waals surface area (Å²) in [5.74, 6) is 0.680. The summed E-state index contributed by atoms with van der Waals surface area (Å²) in [7, 11) is 0. The predicted octanol–water partition coefficient (Wildman–Crippen LogP) is 0.205. The van der Waals surface area contributed by atoms with E-state index < -0.39 is 0 Å². The number of hydrogen-bond donors (Lipinski definition) is 1. The van der Waals surface area contributed by atoms with Crippen molar-refractivity contribution in [1.82, 2.24) is 15.3 Å². The van der Waals surface area contributed by atoms with Crippen LogP contribution in [-0.4, -0.2) is 48.2 Å². The molecule has 1 amide bonds. The molecule has 1 aliphatic heterocycles. The van der Waals surface area contributed by atoms with Gasteiger partial charge in [0, 0.05) is 19.1 Å². The van der Waals surface area contributed by atoms with Gasteiger partial charge < -0.3 is 15.0 Å². The number of rotatable bonds is 3. The van der Waals surface area contributed by atoms with Crippen LogP contribution in [0.1, 0.15) is 23.3 Å². The third kappa shape index (κ3) is 2.59. The van der Waals surface area contributed by atoms with Gasteiger partial charge in [0.15, 0.2) is 0 Å². The monoisotopic (exact) mass is 248 g/mol. The normalized spacial score (nSPS) is 19.7. The molecular weight excluding hydrogens is 232 g/mol. The molecule has 0 bridgehead atoms. The molecule has 1 saturated heterocycles. The minimum absolute atomic E-state index is 0.126. The third-order valence-electron chi connectivity index (χ3n) is 3.12. The Balaban J connectivity index is 1.65. The summed E-state index contributed by atoms with van der Waals surface area (Å²) in [4.78, 5) is 22.3. The first-order valence-corrected chi connectivity index (χ1v) is 6.28. The highest BCUT2D eigenvalue weighted by Gasteiger charge is 2.24. The van der Waals surface area contributed by atoms with Crippen LogP contribution in [0.2, 0.25) is 0 Å². The highest BCUT2D eigenvalue weighted by Crippen LogP contribution is 2.19. The van der Waals surface area contributed by atoms with Gasteiger partial charge in [-0.2, -0.15) is 0 Å². The smallest absolute Gasteiger partial charge is 0.271 e. The quantitative estimate of drug-likeness (QED) is 0.828. The van der Waals surface area contributed by atoms with E-state index in [0.717, 1.165) is 31.7 Å². The van der Waals surface area contributed by atoms with Crippen LogP contribution in [0.5, 0.6) is 0 Å². The van der Waals surface area contributed by atoms with Crippen LogP contribution in [0.3, 0.4) is 0 Å². The van der Waals surface area contributed by atoms with Gasteiger partial charge in [0.05, 0.1) is 25.6 Å². The van der Waals surface area contributed by atoms with Crippen molar-refractivity contribution in [3.63, 3.8) is 0 Å². The molecule has 6 nitrogen and oxygen atoms in total. The second-order valence-electron chi connectivity index (χ2n) is 4.61. The molecule has 1 saturated carbocycles. The first-order valence-electron chi connectivity index (χ1n) is 6.28. The van der Waals surface area contributed by atoms with Crippen LogP contribution in [0.15, 0.2) is 12.4 Å². The van der Waals surface area contributed by atoms with E-state index in [1.54, 1.807) is 12.4 Å². The van der Waals surface area contributed by atoms with Gasteiger partial charge in [-0.3, -0.25) is 4.79 Å². The Labute approximate surface area is 105 Å². The highest BCUT2D eigenvalue weighted by molar-refractivity contribution is 5.92. The zero-order chi connectivity index (χ0) is 12.4. The van der Waals surface area contributed by atoms with E-state index in [4.69, 9.17) is 4.74 Å². The van der Waals surface area contributed by atoms with Crippen molar-refractivity contribution in [1.29, 1.82) is 0 Å². The highest BCUT2D eigenvalue weighted by atomic mass is 16.5. The zero-order valence-electron chi connectivity index (χ0n) is 10.1. The van der Waals surface area contributed by atoms with Crippen LogP contribution in [-0.2, 0) is 4.74 Å². The van der Waals surface area contributed by atoms with Gasteiger partial charge in [0.25, 0.3) is 5.91 Å². The maximum Gasteiger partial charge on any atom is 0.271 e. The molecule has 1 aliphatic carbocycles. The molecule has 2 fully saturated rings. The molecule has 3 rings (SSSR count). The number of nitrogens with zero attached hydrogens (tertiary/aromatic N) is 3. The molecule has 2 aliphatic rings. The van der Waals surface area contributed by atoms with Crippen molar-refractivity contribution >= 4 is 11.7 Å². The largest absolute Gasteiger partial charge is 0.378 e. The number of carbonyl (C=O) groups excluding carboxylic acids is 1. The van der Waals surface area contributed by atoms with Crippen LogP contribution in [0, 0.1) is 0 Å². The first kappa shape index (κ1) is 11.4. The summed E-state index contributed by atoms with van der Waals surface area (Å²) in [6.45, 7) is 3.07. The van der Waals surface area contributed by atoms with E-state index in [1.165, 1.54) is 0 Å². The molecule has 0 unspecified atom stereocenters. The predicted molar refractivity (Wildman–Crippen MR) is 65.6 cm³/mol. The summed E-state index contributed by atoms with van der Waals surface area (Å²) in [6, 6.07) is 0.346. The summed E-state index contributed by atoms with van der Waals surface area (Å²) in [6.07, 6.45) is 5.35. The van der Waals surface area contributed by atoms with Gasteiger partial charge in [-0.25, -0.2) is 9.97 Å². The fourth-order valence-electron chi connectivity index (χ4n) is 1.88. The molecule has 1 aromatic heterocycles. The van der Waals surface area contributed by atoms with Crippen molar-refractivity contribution in [3.8, 4) is 0 Å². The molecule has 18 heavy (non-hydrogen) atoms. The second-order valence-corrected chi connectivity index (χ2v) is 4.61. The molecule has 0 aromatic carbocycles. The number of aromatic nitrogens is 2. The van der Waals surface area contributed by atoms with E-state index >= 15 is 0 Å². The Morgan fingerprint density at radius 3 is 2.67 bits per heavy atom. The molecule has 2 heterocycles. The Morgan fingerprint density at radius 2 is 2.06 bits per heavy atom. The van der Waals surface area contributed by atoms with Crippen LogP contribution >= 0.6 is 0 Å². The number of hydrogen-bond acceptors (Lipinski definition) is 5. The minimum Gasteiger partial charge on any atom is -0.378 e. The summed E-state index contributed by atoms with van der Waals surface area (Å²) >= 11 is 0. The Morgan fingerprint density at radius 1 is 1.28 bits per heavy atom. The molecule has 0 radical (unpaired) electrons. The van der Waals surface area contributed by atoms with E-state index in [9.17, 15) is 4.79 Å². The van der Waals surface area contributed by atoms with Gasteiger partial charge in [-0.15, -0.1) is 0 Å². The van der Waals surface area contributed by atoms with E-state index in [2.05, 4.69) is 20.2 Å². The number of amides is 1. The molecule has 0 spiro atoms. The number of morpholine rings is 1. The maximum absolute atomic E-state index is 11.7. The van der Waals surface area contributed by atoms with E-state index in [1.807, 2.05) is 0 Å². The molecule has 1 N–H and O–H groups in total. The fourth-order valence-corrected chi connectivity index (χ4v) is 1.88. The first-order chi connectivity index (χ1) is 8.83. The van der Waals surface area contributed by atoms with Crippen molar-refractivity contribution in [2.24, 2.45) is 0 Å². The molecule has 6 heteroatoms. The third-order valence-corrected chi connectivity index (χ3v) is 3.12. The number of nitrogens with one attached hydrogen (secondary N) is 1.